The van der Waals surface area contributed by atoms with Gasteiger partial charge in [-0.25, -0.2) is 0 Å². The first-order valence-electron chi connectivity index (χ1n) is 7.36. The molecule has 0 aliphatic rings. The highest BCUT2D eigenvalue weighted by Gasteiger charge is 2.26. The van der Waals surface area contributed by atoms with E-state index in [1.54, 1.807) is 4.57 Å². The van der Waals surface area contributed by atoms with Crippen LogP contribution in [0.15, 0.2) is 60.7 Å². The van der Waals surface area contributed by atoms with Gasteiger partial charge in [0.2, 0.25) is 12.5 Å². The summed E-state index contributed by atoms with van der Waals surface area (Å²) in [5, 5.41) is 12.1. The Kier molecular flexibility index (Phi) is 3.93. The van der Waals surface area contributed by atoms with Crippen LogP contribution in [0, 0.1) is 10.1 Å². The molecule has 0 aliphatic heterocycles. The Morgan fingerprint density at radius 1 is 1.13 bits per heavy atom. The predicted molar refractivity (Wildman–Crippen MR) is 88.4 cm³/mol. The Hall–Kier alpha value is -2.95. The van der Waals surface area contributed by atoms with Crippen molar-refractivity contribution in [3.63, 3.8) is 0 Å². The first-order chi connectivity index (χ1) is 11.1. The fourth-order valence-corrected chi connectivity index (χ4v) is 2.99. The molecular formula is C18H16N2O3. The SMILES string of the molecule is CC(=O)n1c([C@H](C[N+](=O)[O-])c2ccccc2)cc2ccccc21. The molecule has 1 atom stereocenters. The van der Waals surface area contributed by atoms with Gasteiger partial charge in [-0.05, 0) is 17.7 Å². The maximum absolute atomic E-state index is 12.2. The van der Waals surface area contributed by atoms with Gasteiger partial charge in [0.15, 0.2) is 0 Å². The van der Waals surface area contributed by atoms with Crippen molar-refractivity contribution in [2.75, 3.05) is 6.54 Å². The van der Waals surface area contributed by atoms with Crippen molar-refractivity contribution >= 4 is 16.8 Å². The van der Waals surface area contributed by atoms with E-state index in [2.05, 4.69) is 0 Å². The van der Waals surface area contributed by atoms with E-state index in [0.717, 1.165) is 16.5 Å². The summed E-state index contributed by atoms with van der Waals surface area (Å²) in [6.45, 7) is 1.22. The summed E-state index contributed by atoms with van der Waals surface area (Å²) in [6, 6.07) is 18.7. The van der Waals surface area contributed by atoms with Gasteiger partial charge in [0.1, 0.15) is 0 Å². The number of aromatic nitrogens is 1. The van der Waals surface area contributed by atoms with Crippen LogP contribution < -0.4 is 0 Å². The first-order valence-corrected chi connectivity index (χ1v) is 7.36. The van der Waals surface area contributed by atoms with Crippen LogP contribution in [-0.4, -0.2) is 21.9 Å². The molecule has 0 bridgehead atoms. The third-order valence-corrected chi connectivity index (χ3v) is 3.94. The van der Waals surface area contributed by atoms with Crippen LogP contribution in [0.2, 0.25) is 0 Å². The molecule has 5 heteroatoms. The van der Waals surface area contributed by atoms with E-state index in [4.69, 9.17) is 0 Å². The zero-order valence-electron chi connectivity index (χ0n) is 12.7. The molecule has 0 saturated heterocycles. The van der Waals surface area contributed by atoms with Gasteiger partial charge in [0, 0.05) is 22.9 Å². The number of fused-ring (bicyclic) bond motifs is 1. The van der Waals surface area contributed by atoms with Crippen LogP contribution in [0.4, 0.5) is 0 Å². The number of carbonyl (C=O) groups is 1. The van der Waals surface area contributed by atoms with E-state index >= 15 is 0 Å². The molecule has 0 radical (unpaired) electrons. The Morgan fingerprint density at radius 2 is 1.78 bits per heavy atom. The topological polar surface area (TPSA) is 65.1 Å². The normalized spacial score (nSPS) is 12.2. The number of benzene rings is 2. The van der Waals surface area contributed by atoms with Gasteiger partial charge >= 0.3 is 0 Å². The van der Waals surface area contributed by atoms with Crippen molar-refractivity contribution in [1.29, 1.82) is 0 Å². The number of rotatable bonds is 4. The van der Waals surface area contributed by atoms with Crippen molar-refractivity contribution in [2.45, 2.75) is 12.8 Å². The summed E-state index contributed by atoms with van der Waals surface area (Å²) < 4.78 is 1.58. The largest absolute Gasteiger partial charge is 0.284 e. The van der Waals surface area contributed by atoms with E-state index in [9.17, 15) is 14.9 Å². The summed E-state index contributed by atoms with van der Waals surface area (Å²) in [5.74, 6) is -0.618. The highest BCUT2D eigenvalue weighted by Crippen LogP contribution is 2.30. The second-order valence-corrected chi connectivity index (χ2v) is 5.46. The van der Waals surface area contributed by atoms with Crippen LogP contribution in [-0.2, 0) is 0 Å². The van der Waals surface area contributed by atoms with E-state index < -0.39 is 5.92 Å². The third-order valence-electron chi connectivity index (χ3n) is 3.94. The summed E-state index contributed by atoms with van der Waals surface area (Å²) in [6.07, 6.45) is 0. The van der Waals surface area contributed by atoms with Crippen LogP contribution >= 0.6 is 0 Å². The number of nitrogens with zero attached hydrogens (tertiary/aromatic N) is 2. The minimum Gasteiger partial charge on any atom is -0.284 e. The van der Waals surface area contributed by atoms with Crippen molar-refractivity contribution < 1.29 is 9.72 Å². The minimum atomic E-state index is -0.470. The third kappa shape index (κ3) is 2.85. The van der Waals surface area contributed by atoms with Crippen molar-refractivity contribution in [2.24, 2.45) is 0 Å². The summed E-state index contributed by atoms with van der Waals surface area (Å²) in [4.78, 5) is 23.0. The molecule has 3 rings (SSSR count). The molecule has 0 spiro atoms. The van der Waals surface area contributed by atoms with Gasteiger partial charge in [0.25, 0.3) is 0 Å². The standard InChI is InChI=1S/C18H16N2O3/c1-13(21)20-17-10-6-5-9-15(17)11-18(20)16(12-19(22)23)14-7-3-2-4-8-14/h2-11,16H,12H2,1H3/t16-/m1/s1. The monoisotopic (exact) mass is 308 g/mol. The summed E-state index contributed by atoms with van der Waals surface area (Å²) >= 11 is 0. The maximum atomic E-state index is 12.2. The van der Waals surface area contributed by atoms with Crippen molar-refractivity contribution in [3.8, 4) is 0 Å². The molecule has 0 amide bonds. The second kappa shape index (κ2) is 6.04. The Labute approximate surface area is 133 Å². The van der Waals surface area contributed by atoms with E-state index in [0.29, 0.717) is 5.69 Å². The molecule has 5 nitrogen and oxygen atoms in total. The molecule has 0 saturated carbocycles. The Balaban J connectivity index is 2.23. The molecule has 116 valence electrons. The fourth-order valence-electron chi connectivity index (χ4n) is 2.99. The number of hydrogen-bond acceptors (Lipinski definition) is 3. The number of hydrogen-bond donors (Lipinski definition) is 0. The number of carbonyl (C=O) groups excluding carboxylic acids is 1. The zero-order chi connectivity index (χ0) is 16.4. The summed E-state index contributed by atoms with van der Waals surface area (Å²) in [7, 11) is 0. The van der Waals surface area contributed by atoms with Gasteiger partial charge in [-0.1, -0.05) is 48.5 Å². The number of nitro groups is 1. The lowest BCUT2D eigenvalue weighted by Crippen LogP contribution is -2.19. The summed E-state index contributed by atoms with van der Waals surface area (Å²) in [5.41, 5.74) is 2.26. The zero-order valence-corrected chi connectivity index (χ0v) is 12.7. The van der Waals surface area contributed by atoms with E-state index in [-0.39, 0.29) is 17.4 Å². The highest BCUT2D eigenvalue weighted by molar-refractivity contribution is 5.93. The van der Waals surface area contributed by atoms with Crippen LogP contribution in [0.3, 0.4) is 0 Å². The molecule has 2 aromatic carbocycles. The van der Waals surface area contributed by atoms with E-state index in [1.807, 2.05) is 60.7 Å². The molecule has 0 unspecified atom stereocenters. The fraction of sp³-hybridized carbons (Fsp3) is 0.167. The van der Waals surface area contributed by atoms with Crippen LogP contribution in [0.25, 0.3) is 10.9 Å². The van der Waals surface area contributed by atoms with Gasteiger partial charge in [-0.2, -0.15) is 0 Å². The van der Waals surface area contributed by atoms with Gasteiger partial charge < -0.3 is 0 Å². The highest BCUT2D eigenvalue weighted by atomic mass is 16.6. The van der Waals surface area contributed by atoms with Crippen LogP contribution in [0.5, 0.6) is 0 Å². The lowest BCUT2D eigenvalue weighted by molar-refractivity contribution is -0.482. The molecular weight excluding hydrogens is 292 g/mol. The minimum absolute atomic E-state index is 0.148. The van der Waals surface area contributed by atoms with Gasteiger partial charge in [-0.3, -0.25) is 19.5 Å². The molecule has 0 fully saturated rings. The molecule has 1 heterocycles. The van der Waals surface area contributed by atoms with Gasteiger partial charge in [-0.15, -0.1) is 0 Å². The quantitative estimate of drug-likeness (QED) is 0.545. The van der Waals surface area contributed by atoms with Crippen LogP contribution in [0.1, 0.15) is 28.9 Å². The Morgan fingerprint density at radius 3 is 2.43 bits per heavy atom. The molecule has 1 aromatic heterocycles. The molecule has 23 heavy (non-hydrogen) atoms. The number of para-hydroxylation sites is 1. The lowest BCUT2D eigenvalue weighted by atomic mass is 9.95. The molecule has 0 N–H and O–H groups in total. The molecule has 0 aliphatic carbocycles. The maximum Gasteiger partial charge on any atom is 0.228 e. The van der Waals surface area contributed by atoms with E-state index in [1.165, 1.54) is 6.92 Å². The first kappa shape index (κ1) is 15.0. The average Bonchev–Trinajstić information content (AvgIpc) is 2.92. The predicted octanol–water partition coefficient (Wildman–Crippen LogP) is 3.71. The Bertz CT molecular complexity index is 868. The average molecular weight is 308 g/mol. The van der Waals surface area contributed by atoms with Crippen molar-refractivity contribution in [1.82, 2.24) is 4.57 Å². The smallest absolute Gasteiger partial charge is 0.228 e. The second-order valence-electron chi connectivity index (χ2n) is 5.46. The molecule has 3 aromatic rings. The van der Waals surface area contributed by atoms with Crippen molar-refractivity contribution in [3.05, 3.63) is 82.0 Å². The van der Waals surface area contributed by atoms with Gasteiger partial charge in [0.05, 0.1) is 11.4 Å². The lowest BCUT2D eigenvalue weighted by Gasteiger charge is -2.15.